The van der Waals surface area contributed by atoms with Crippen LogP contribution in [-0.4, -0.2) is 27.2 Å². The molecule has 3 nitrogen and oxygen atoms in total. The third-order valence-corrected chi connectivity index (χ3v) is 6.80. The van der Waals surface area contributed by atoms with Gasteiger partial charge in [0.15, 0.2) is 0 Å². The first-order chi connectivity index (χ1) is 7.60. The lowest BCUT2D eigenvalue weighted by Gasteiger charge is -2.62. The van der Waals surface area contributed by atoms with Crippen molar-refractivity contribution in [3.05, 3.63) is 0 Å². The predicted molar refractivity (Wildman–Crippen MR) is 61.8 cm³/mol. The van der Waals surface area contributed by atoms with Crippen LogP contribution < -0.4 is 5.32 Å². The number of hydrogen-bond acceptors (Lipinski definition) is 3. The van der Waals surface area contributed by atoms with Crippen LogP contribution in [0.4, 0.5) is 0 Å². The van der Waals surface area contributed by atoms with E-state index in [2.05, 4.69) is 5.32 Å². The van der Waals surface area contributed by atoms with E-state index in [9.17, 15) is 9.90 Å². The largest absolute Gasteiger partial charge is 0.390 e. The predicted octanol–water partition coefficient (Wildman–Crippen LogP) is 1.12. The van der Waals surface area contributed by atoms with Crippen LogP contribution in [0.3, 0.4) is 0 Å². The van der Waals surface area contributed by atoms with Gasteiger partial charge < -0.3 is 10.4 Å². The number of nitrogens with one attached hydrogen (secondary N) is 1. The van der Waals surface area contributed by atoms with Gasteiger partial charge in [-0.1, -0.05) is 0 Å². The van der Waals surface area contributed by atoms with E-state index in [-0.39, 0.29) is 10.8 Å². The van der Waals surface area contributed by atoms with E-state index < -0.39 is 5.60 Å². The summed E-state index contributed by atoms with van der Waals surface area (Å²) < 4.78 is 0. The summed E-state index contributed by atoms with van der Waals surface area (Å²) in [6.45, 7) is 0. The Bertz CT molecular complexity index is 354. The lowest BCUT2D eigenvalue weighted by atomic mass is 9.52. The van der Waals surface area contributed by atoms with E-state index in [1.807, 2.05) is 11.8 Å². The van der Waals surface area contributed by atoms with Crippen LogP contribution in [0.5, 0.6) is 0 Å². The highest BCUT2D eigenvalue weighted by molar-refractivity contribution is 8.01. The molecule has 1 aliphatic heterocycles. The summed E-state index contributed by atoms with van der Waals surface area (Å²) in [7, 11) is 0. The van der Waals surface area contributed by atoms with Gasteiger partial charge >= 0.3 is 0 Å². The highest BCUT2D eigenvalue weighted by Crippen LogP contribution is 2.63. The molecule has 1 heterocycles. The molecule has 0 aromatic rings. The van der Waals surface area contributed by atoms with Crippen LogP contribution >= 0.6 is 11.8 Å². The Kier molecular flexibility index (Phi) is 1.70. The van der Waals surface area contributed by atoms with Crippen molar-refractivity contribution in [3.8, 4) is 0 Å². The van der Waals surface area contributed by atoms with Crippen molar-refractivity contribution >= 4 is 17.7 Å². The molecular weight excluding hydrogens is 222 g/mol. The van der Waals surface area contributed by atoms with Gasteiger partial charge in [-0.3, -0.25) is 4.79 Å². The van der Waals surface area contributed by atoms with Crippen molar-refractivity contribution < 1.29 is 9.90 Å². The monoisotopic (exact) mass is 239 g/mol. The zero-order chi connectivity index (χ0) is 11.0. The fraction of sp³-hybridized carbons (Fsp3) is 0.917. The molecule has 5 aliphatic rings. The summed E-state index contributed by atoms with van der Waals surface area (Å²) in [6, 6.07) is 0. The van der Waals surface area contributed by atoms with Crippen molar-refractivity contribution in [3.63, 3.8) is 0 Å². The summed E-state index contributed by atoms with van der Waals surface area (Å²) >= 11 is 1.82. The van der Waals surface area contributed by atoms with Crippen LogP contribution in [0.1, 0.15) is 32.1 Å². The van der Waals surface area contributed by atoms with E-state index in [0.717, 1.165) is 19.3 Å². The average molecular weight is 239 g/mol. The molecule has 1 spiro atoms. The van der Waals surface area contributed by atoms with E-state index in [0.29, 0.717) is 23.5 Å². The third-order valence-electron chi connectivity index (χ3n) is 5.15. The minimum atomic E-state index is -0.393. The maximum atomic E-state index is 11.5. The van der Waals surface area contributed by atoms with Crippen molar-refractivity contribution in [2.45, 2.75) is 42.6 Å². The first-order valence-corrected chi connectivity index (χ1v) is 7.26. The van der Waals surface area contributed by atoms with E-state index in [1.54, 1.807) is 0 Å². The van der Waals surface area contributed by atoms with E-state index in [4.69, 9.17) is 0 Å². The second kappa shape index (κ2) is 2.78. The zero-order valence-electron chi connectivity index (χ0n) is 9.24. The lowest BCUT2D eigenvalue weighted by molar-refractivity contribution is -0.150. The number of thioether (sulfide) groups is 1. The zero-order valence-corrected chi connectivity index (χ0v) is 10.1. The van der Waals surface area contributed by atoms with Gasteiger partial charge in [-0.2, -0.15) is 0 Å². The third kappa shape index (κ3) is 1.07. The second-order valence-corrected chi connectivity index (χ2v) is 7.45. The molecule has 88 valence electrons. The Balaban J connectivity index is 1.74. The van der Waals surface area contributed by atoms with Gasteiger partial charge in [-0.05, 0) is 49.9 Å². The lowest BCUT2D eigenvalue weighted by Crippen LogP contribution is -2.66. The fourth-order valence-electron chi connectivity index (χ4n) is 4.84. The molecule has 0 aromatic heterocycles. The molecule has 4 saturated carbocycles. The minimum absolute atomic E-state index is 0.000231. The molecule has 4 heteroatoms. The summed E-state index contributed by atoms with van der Waals surface area (Å²) in [4.78, 5) is 11.5. The summed E-state index contributed by atoms with van der Waals surface area (Å²) in [5, 5.41) is 13.7. The first-order valence-electron chi connectivity index (χ1n) is 6.27. The summed E-state index contributed by atoms with van der Waals surface area (Å²) in [5.74, 6) is 2.56. The summed E-state index contributed by atoms with van der Waals surface area (Å²) in [6.07, 6.45) is 5.26. The molecule has 5 fully saturated rings. The number of carbonyl (C=O) groups excluding carboxylic acids is 1. The van der Waals surface area contributed by atoms with Gasteiger partial charge in [0.05, 0.1) is 16.2 Å². The van der Waals surface area contributed by atoms with Gasteiger partial charge in [0.1, 0.15) is 0 Å². The molecule has 0 unspecified atom stereocenters. The number of carbonyl (C=O) groups is 1. The molecule has 0 radical (unpaired) electrons. The maximum absolute atomic E-state index is 11.5. The fourth-order valence-corrected chi connectivity index (χ4v) is 6.30. The topological polar surface area (TPSA) is 49.3 Å². The van der Waals surface area contributed by atoms with Crippen molar-refractivity contribution in [2.24, 2.45) is 17.8 Å². The van der Waals surface area contributed by atoms with Crippen molar-refractivity contribution in [1.29, 1.82) is 0 Å². The van der Waals surface area contributed by atoms with Gasteiger partial charge in [0.2, 0.25) is 5.91 Å². The first kappa shape index (κ1) is 9.77. The molecule has 16 heavy (non-hydrogen) atoms. The molecule has 1 amide bonds. The second-order valence-electron chi connectivity index (χ2n) is 6.20. The van der Waals surface area contributed by atoms with Gasteiger partial charge in [0, 0.05) is 0 Å². The maximum Gasteiger partial charge on any atom is 0.231 e. The smallest absolute Gasteiger partial charge is 0.231 e. The molecule has 4 aliphatic carbocycles. The van der Waals surface area contributed by atoms with Crippen LogP contribution in [-0.2, 0) is 4.79 Å². The number of rotatable bonds is 0. The molecular formula is C12H17NO2S. The standard InChI is InChI=1S/C12H17NO2S/c14-10-6-16-12(13-10)8-1-7-2-9(12)5-11(15,3-7)4-8/h7-9,15H,1-6H2,(H,13,14)/t7?,8-,9-,11?,12?/m0/s1. The van der Waals surface area contributed by atoms with Crippen molar-refractivity contribution in [2.75, 3.05) is 5.75 Å². The minimum Gasteiger partial charge on any atom is -0.390 e. The Morgan fingerprint density at radius 3 is 2.44 bits per heavy atom. The van der Waals surface area contributed by atoms with Crippen LogP contribution in [0.25, 0.3) is 0 Å². The van der Waals surface area contributed by atoms with Gasteiger partial charge in [-0.15, -0.1) is 11.8 Å². The van der Waals surface area contributed by atoms with Crippen LogP contribution in [0.2, 0.25) is 0 Å². The normalized spacial score (nSPS) is 58.3. The molecule has 2 N–H and O–H groups in total. The molecule has 5 rings (SSSR count). The quantitative estimate of drug-likeness (QED) is 0.666. The molecule has 2 atom stereocenters. The number of amides is 1. The Morgan fingerprint density at radius 1 is 1.25 bits per heavy atom. The van der Waals surface area contributed by atoms with Crippen LogP contribution in [0, 0.1) is 17.8 Å². The number of aliphatic hydroxyl groups is 1. The number of hydrogen-bond donors (Lipinski definition) is 2. The van der Waals surface area contributed by atoms with Gasteiger partial charge in [0.25, 0.3) is 0 Å². The molecule has 1 saturated heterocycles. The Labute approximate surface area is 99.4 Å². The Hall–Kier alpha value is -0.220. The Morgan fingerprint density at radius 2 is 1.94 bits per heavy atom. The summed E-state index contributed by atoms with van der Waals surface area (Å²) in [5.41, 5.74) is -0.393. The highest BCUT2D eigenvalue weighted by atomic mass is 32.2. The molecule has 0 aromatic carbocycles. The van der Waals surface area contributed by atoms with E-state index >= 15 is 0 Å². The van der Waals surface area contributed by atoms with Crippen molar-refractivity contribution in [1.82, 2.24) is 5.32 Å². The van der Waals surface area contributed by atoms with Crippen LogP contribution in [0.15, 0.2) is 0 Å². The van der Waals surface area contributed by atoms with Gasteiger partial charge in [-0.25, -0.2) is 0 Å². The van der Waals surface area contributed by atoms with E-state index in [1.165, 1.54) is 12.8 Å². The average Bonchev–Trinajstić information content (AvgIpc) is 2.56. The SMILES string of the molecule is O=C1CSC2(N1)[C@H]1CC3C[C@H]2CC(O)(C3)C1. The highest BCUT2D eigenvalue weighted by Gasteiger charge is 2.64. The molecule has 4 bridgehead atoms.